The van der Waals surface area contributed by atoms with E-state index in [0.717, 1.165) is 17.8 Å². The number of carbonyl (C=O) groups excluding carboxylic acids is 2. The van der Waals surface area contributed by atoms with E-state index in [-0.39, 0.29) is 23.1 Å². The summed E-state index contributed by atoms with van der Waals surface area (Å²) in [5, 5.41) is 7.58. The average Bonchev–Trinajstić information content (AvgIpc) is 3.26. The van der Waals surface area contributed by atoms with E-state index >= 15 is 0 Å². The number of benzene rings is 1. The standard InChI is InChI=1S/C26H34N6O2/c1-26(2,18-30(3)4)17-28-24(33)20-11-14-31(15-12-20)25(34)21-16-29-32-22(10-13-27-23(21)32)19-8-6-5-7-9-19/h5-10,13,16,20H,11-12,14-15,17-18H2,1-4H3,(H,28,33). The van der Waals surface area contributed by atoms with Gasteiger partial charge in [-0.15, -0.1) is 0 Å². The van der Waals surface area contributed by atoms with Crippen molar-refractivity contribution in [2.75, 3.05) is 40.3 Å². The minimum absolute atomic E-state index is 0.00490. The summed E-state index contributed by atoms with van der Waals surface area (Å²) in [5.41, 5.74) is 2.94. The summed E-state index contributed by atoms with van der Waals surface area (Å²) in [6.45, 7) is 6.95. The van der Waals surface area contributed by atoms with Gasteiger partial charge < -0.3 is 15.1 Å². The number of rotatable bonds is 7. The van der Waals surface area contributed by atoms with Crippen molar-refractivity contribution >= 4 is 17.5 Å². The van der Waals surface area contributed by atoms with Crippen molar-refractivity contribution in [3.05, 3.63) is 54.4 Å². The van der Waals surface area contributed by atoms with Crippen molar-refractivity contribution in [3.63, 3.8) is 0 Å². The van der Waals surface area contributed by atoms with Crippen LogP contribution in [-0.2, 0) is 4.79 Å². The molecule has 3 aromatic rings. The predicted molar refractivity (Wildman–Crippen MR) is 132 cm³/mol. The molecule has 1 N–H and O–H groups in total. The fourth-order valence-electron chi connectivity index (χ4n) is 4.77. The van der Waals surface area contributed by atoms with E-state index in [9.17, 15) is 9.59 Å². The van der Waals surface area contributed by atoms with Crippen molar-refractivity contribution < 1.29 is 9.59 Å². The number of hydrogen-bond donors (Lipinski definition) is 1. The first-order valence-corrected chi connectivity index (χ1v) is 11.8. The molecule has 0 atom stereocenters. The molecule has 0 aliphatic carbocycles. The zero-order valence-electron chi connectivity index (χ0n) is 20.5. The van der Waals surface area contributed by atoms with Crippen molar-refractivity contribution in [1.82, 2.24) is 29.7 Å². The van der Waals surface area contributed by atoms with Crippen LogP contribution >= 0.6 is 0 Å². The molecule has 1 fully saturated rings. The summed E-state index contributed by atoms with van der Waals surface area (Å²) in [6, 6.07) is 11.8. The first kappa shape index (κ1) is 23.9. The van der Waals surface area contributed by atoms with Crippen molar-refractivity contribution in [2.45, 2.75) is 26.7 Å². The van der Waals surface area contributed by atoms with E-state index in [4.69, 9.17) is 0 Å². The van der Waals surface area contributed by atoms with Crippen LogP contribution in [0.3, 0.4) is 0 Å². The summed E-state index contributed by atoms with van der Waals surface area (Å²) in [5.74, 6) is -0.0614. The number of fused-ring (bicyclic) bond motifs is 1. The molecule has 8 nitrogen and oxygen atoms in total. The number of hydrogen-bond acceptors (Lipinski definition) is 5. The molecule has 3 heterocycles. The number of carbonyl (C=O) groups is 2. The van der Waals surface area contributed by atoms with Gasteiger partial charge in [0.1, 0.15) is 5.56 Å². The first-order chi connectivity index (χ1) is 16.2. The molecule has 180 valence electrons. The van der Waals surface area contributed by atoms with E-state index in [0.29, 0.717) is 43.7 Å². The zero-order valence-corrected chi connectivity index (χ0v) is 20.5. The lowest BCUT2D eigenvalue weighted by Gasteiger charge is -2.33. The third-order valence-electron chi connectivity index (χ3n) is 6.34. The van der Waals surface area contributed by atoms with Crippen LogP contribution in [0.1, 0.15) is 37.0 Å². The van der Waals surface area contributed by atoms with E-state index < -0.39 is 0 Å². The van der Waals surface area contributed by atoms with Gasteiger partial charge in [0.2, 0.25) is 5.91 Å². The Morgan fingerprint density at radius 1 is 1.12 bits per heavy atom. The third-order valence-corrected chi connectivity index (χ3v) is 6.34. The maximum Gasteiger partial charge on any atom is 0.259 e. The number of nitrogens with one attached hydrogen (secondary N) is 1. The minimum Gasteiger partial charge on any atom is -0.355 e. The Kier molecular flexibility index (Phi) is 6.97. The van der Waals surface area contributed by atoms with Gasteiger partial charge in [0.05, 0.1) is 11.9 Å². The summed E-state index contributed by atoms with van der Waals surface area (Å²) >= 11 is 0. The highest BCUT2D eigenvalue weighted by Crippen LogP contribution is 2.24. The number of amides is 2. The van der Waals surface area contributed by atoms with Gasteiger partial charge in [-0.1, -0.05) is 44.2 Å². The summed E-state index contributed by atoms with van der Waals surface area (Å²) in [6.07, 6.45) is 4.63. The summed E-state index contributed by atoms with van der Waals surface area (Å²) < 4.78 is 1.72. The first-order valence-electron chi connectivity index (χ1n) is 11.8. The Hall–Kier alpha value is -3.26. The Morgan fingerprint density at radius 3 is 2.50 bits per heavy atom. The molecule has 0 saturated carbocycles. The number of likely N-dealkylation sites (tertiary alicyclic amines) is 1. The number of aromatic nitrogens is 3. The van der Waals surface area contributed by atoms with E-state index in [1.807, 2.05) is 55.4 Å². The highest BCUT2D eigenvalue weighted by molar-refractivity contribution is 6.00. The van der Waals surface area contributed by atoms with Gasteiger partial charge in [0.25, 0.3) is 5.91 Å². The SMILES string of the molecule is CN(C)CC(C)(C)CNC(=O)C1CCN(C(=O)c2cnn3c(-c4ccccc4)ccnc23)CC1. The van der Waals surface area contributed by atoms with Gasteiger partial charge in [-0.2, -0.15) is 5.10 Å². The molecular formula is C26H34N6O2. The number of nitrogens with zero attached hydrogens (tertiary/aromatic N) is 5. The van der Waals surface area contributed by atoms with Crippen molar-refractivity contribution in [3.8, 4) is 11.3 Å². The average molecular weight is 463 g/mol. The molecule has 34 heavy (non-hydrogen) atoms. The summed E-state index contributed by atoms with van der Waals surface area (Å²) in [7, 11) is 4.08. The molecule has 0 bridgehead atoms. The molecule has 0 spiro atoms. The van der Waals surface area contributed by atoms with Gasteiger partial charge in [-0.3, -0.25) is 9.59 Å². The van der Waals surface area contributed by atoms with Crippen LogP contribution in [0.25, 0.3) is 16.9 Å². The zero-order chi connectivity index (χ0) is 24.3. The molecule has 1 aliphatic heterocycles. The lowest BCUT2D eigenvalue weighted by atomic mass is 9.91. The van der Waals surface area contributed by atoms with Gasteiger partial charge in [0, 0.05) is 43.9 Å². The molecular weight excluding hydrogens is 428 g/mol. The topological polar surface area (TPSA) is 82.8 Å². The van der Waals surface area contributed by atoms with Crippen LogP contribution < -0.4 is 5.32 Å². The van der Waals surface area contributed by atoms with Gasteiger partial charge in [-0.25, -0.2) is 9.50 Å². The molecule has 2 amide bonds. The molecule has 1 saturated heterocycles. The van der Waals surface area contributed by atoms with Gasteiger partial charge >= 0.3 is 0 Å². The smallest absolute Gasteiger partial charge is 0.259 e. The maximum atomic E-state index is 13.3. The van der Waals surface area contributed by atoms with E-state index in [2.05, 4.69) is 34.1 Å². The second-order valence-electron chi connectivity index (χ2n) is 10.2. The fourth-order valence-corrected chi connectivity index (χ4v) is 4.77. The van der Waals surface area contributed by atoms with Crippen LogP contribution in [0.15, 0.2) is 48.8 Å². The monoisotopic (exact) mass is 462 g/mol. The largest absolute Gasteiger partial charge is 0.355 e. The van der Waals surface area contributed by atoms with Crippen LogP contribution in [0.5, 0.6) is 0 Å². The predicted octanol–water partition coefficient (Wildman–Crippen LogP) is 2.95. The highest BCUT2D eigenvalue weighted by Gasteiger charge is 2.30. The van der Waals surface area contributed by atoms with Crippen molar-refractivity contribution in [2.24, 2.45) is 11.3 Å². The molecule has 0 radical (unpaired) electrons. The maximum absolute atomic E-state index is 13.3. The van der Waals surface area contributed by atoms with Crippen LogP contribution in [0.2, 0.25) is 0 Å². The second-order valence-corrected chi connectivity index (χ2v) is 10.2. The molecule has 2 aromatic heterocycles. The molecule has 8 heteroatoms. The Labute approximate surface area is 201 Å². The normalized spacial score (nSPS) is 15.1. The van der Waals surface area contributed by atoms with Gasteiger partial charge in [0.15, 0.2) is 5.65 Å². The van der Waals surface area contributed by atoms with Crippen molar-refractivity contribution in [1.29, 1.82) is 0 Å². The highest BCUT2D eigenvalue weighted by atomic mass is 16.2. The van der Waals surface area contributed by atoms with Crippen LogP contribution in [0.4, 0.5) is 0 Å². The van der Waals surface area contributed by atoms with Crippen LogP contribution in [0, 0.1) is 11.3 Å². The molecule has 1 aromatic carbocycles. The molecule has 0 unspecified atom stereocenters. The van der Waals surface area contributed by atoms with E-state index in [1.54, 1.807) is 16.9 Å². The third kappa shape index (κ3) is 5.28. The number of piperidine rings is 1. The lowest BCUT2D eigenvalue weighted by molar-refractivity contribution is -0.126. The molecule has 4 rings (SSSR count). The summed E-state index contributed by atoms with van der Waals surface area (Å²) in [4.78, 5) is 34.4. The quantitative estimate of drug-likeness (QED) is 0.584. The van der Waals surface area contributed by atoms with Crippen LogP contribution in [-0.4, -0.2) is 76.5 Å². The molecule has 1 aliphatic rings. The fraction of sp³-hybridized carbons (Fsp3) is 0.462. The Bertz CT molecular complexity index is 1150. The lowest BCUT2D eigenvalue weighted by Crippen LogP contribution is -2.46. The second kappa shape index (κ2) is 9.93. The Morgan fingerprint density at radius 2 is 1.82 bits per heavy atom. The van der Waals surface area contributed by atoms with Gasteiger partial charge in [-0.05, 0) is 38.4 Å². The van der Waals surface area contributed by atoms with E-state index in [1.165, 1.54) is 0 Å². The Balaban J connectivity index is 1.39. The minimum atomic E-state index is -0.0845.